The van der Waals surface area contributed by atoms with Gasteiger partial charge in [-0.1, -0.05) is 34.1 Å². The summed E-state index contributed by atoms with van der Waals surface area (Å²) in [5.74, 6) is 0.505. The van der Waals surface area contributed by atoms with E-state index in [4.69, 9.17) is 14.2 Å². The third kappa shape index (κ3) is 5.09. The van der Waals surface area contributed by atoms with Crippen molar-refractivity contribution in [1.29, 1.82) is 0 Å². The van der Waals surface area contributed by atoms with Gasteiger partial charge in [0.1, 0.15) is 0 Å². The average molecular weight is 392 g/mol. The van der Waals surface area contributed by atoms with Crippen LogP contribution >= 0.6 is 15.9 Å². The highest BCUT2D eigenvalue weighted by atomic mass is 79.9. The van der Waals surface area contributed by atoms with Gasteiger partial charge in [-0.25, -0.2) is 4.79 Å². The highest BCUT2D eigenvalue weighted by Gasteiger charge is 2.14. The van der Waals surface area contributed by atoms with Crippen molar-refractivity contribution in [1.82, 2.24) is 0 Å². The summed E-state index contributed by atoms with van der Waals surface area (Å²) in [6.45, 7) is 1.86. The quantitative estimate of drug-likeness (QED) is 0.525. The lowest BCUT2D eigenvalue weighted by Gasteiger charge is -2.13. The van der Waals surface area contributed by atoms with Gasteiger partial charge in [0.25, 0.3) is 0 Å². The summed E-state index contributed by atoms with van der Waals surface area (Å²) in [4.78, 5) is 16.0. The Kier molecular flexibility index (Phi) is 6.81. The molecule has 0 aliphatic rings. The Morgan fingerprint density at radius 1 is 1.25 bits per heavy atom. The van der Waals surface area contributed by atoms with Gasteiger partial charge in [0.05, 0.1) is 19.4 Å². The van der Waals surface area contributed by atoms with Crippen molar-refractivity contribution < 1.29 is 19.0 Å². The number of hydrogen-bond donors (Lipinski definition) is 0. The minimum atomic E-state index is -0.437. The van der Waals surface area contributed by atoms with Gasteiger partial charge in [0.2, 0.25) is 0 Å². The maximum absolute atomic E-state index is 11.5. The summed E-state index contributed by atoms with van der Waals surface area (Å²) in [5, 5.41) is 0. The third-order valence-corrected chi connectivity index (χ3v) is 3.47. The number of esters is 1. The van der Waals surface area contributed by atoms with Gasteiger partial charge in [-0.05, 0) is 31.2 Å². The van der Waals surface area contributed by atoms with Crippen LogP contribution in [-0.2, 0) is 9.53 Å². The van der Waals surface area contributed by atoms with E-state index in [1.165, 1.54) is 7.11 Å². The maximum atomic E-state index is 11.5. The number of methoxy groups -OCH3 is 1. The Balaban J connectivity index is 2.29. The molecule has 0 heterocycles. The molecule has 126 valence electrons. The normalized spacial score (nSPS) is 10.6. The summed E-state index contributed by atoms with van der Waals surface area (Å²) in [6, 6.07) is 13.1. The molecule has 0 saturated heterocycles. The number of carbonyl (C=O) groups excluding carboxylic acids is 1. The van der Waals surface area contributed by atoms with Crippen molar-refractivity contribution in [2.75, 3.05) is 20.3 Å². The molecule has 2 rings (SSSR count). The second-order valence-electron chi connectivity index (χ2n) is 4.71. The highest BCUT2D eigenvalue weighted by molar-refractivity contribution is 9.10. The first-order chi connectivity index (χ1) is 11.6. The number of rotatable bonds is 7. The molecule has 24 heavy (non-hydrogen) atoms. The van der Waals surface area contributed by atoms with Crippen LogP contribution in [-0.4, -0.2) is 32.5 Å². The minimum absolute atomic E-state index is 0.196. The fourth-order valence-electron chi connectivity index (χ4n) is 1.98. The molecule has 0 aromatic heterocycles. The lowest BCUT2D eigenvalue weighted by atomic mass is 10.2. The van der Waals surface area contributed by atoms with E-state index in [-0.39, 0.29) is 6.61 Å². The van der Waals surface area contributed by atoms with Gasteiger partial charge in [-0.15, -0.1) is 0 Å². The smallest absolute Gasteiger partial charge is 0.344 e. The zero-order valence-electron chi connectivity index (χ0n) is 13.5. The summed E-state index contributed by atoms with van der Waals surface area (Å²) in [7, 11) is 1.54. The summed E-state index contributed by atoms with van der Waals surface area (Å²) in [5.41, 5.74) is 1.50. The van der Waals surface area contributed by atoms with Crippen molar-refractivity contribution in [3.8, 4) is 11.5 Å². The van der Waals surface area contributed by atoms with E-state index < -0.39 is 5.97 Å². The Labute approximate surface area is 149 Å². The maximum Gasteiger partial charge on any atom is 0.344 e. The molecule has 0 spiro atoms. The summed E-state index contributed by atoms with van der Waals surface area (Å²) < 4.78 is 16.6. The Bertz CT molecular complexity index is 716. The Hall–Kier alpha value is -2.34. The van der Waals surface area contributed by atoms with Gasteiger partial charge in [-0.3, -0.25) is 4.99 Å². The monoisotopic (exact) mass is 391 g/mol. The average Bonchev–Trinajstić information content (AvgIpc) is 2.59. The molecule has 0 unspecified atom stereocenters. The molecule has 2 aromatic rings. The van der Waals surface area contributed by atoms with E-state index in [1.54, 1.807) is 19.2 Å². The summed E-state index contributed by atoms with van der Waals surface area (Å²) >= 11 is 3.43. The zero-order chi connectivity index (χ0) is 17.4. The van der Waals surface area contributed by atoms with Crippen LogP contribution in [0.3, 0.4) is 0 Å². The standard InChI is InChI=1S/C18H18BrNO4/c1-3-23-17(21)12-24-18-13(9-14(19)10-16(18)22-2)11-20-15-7-5-4-6-8-15/h4-11H,3,12H2,1-2H3. The molecule has 0 bridgehead atoms. The fourth-order valence-corrected chi connectivity index (χ4v) is 2.44. The molecule has 0 fully saturated rings. The van der Waals surface area contributed by atoms with Crippen LogP contribution in [0.4, 0.5) is 5.69 Å². The van der Waals surface area contributed by atoms with Gasteiger partial charge < -0.3 is 14.2 Å². The van der Waals surface area contributed by atoms with Crippen LogP contribution in [0.15, 0.2) is 51.9 Å². The SMILES string of the molecule is CCOC(=O)COc1c(C=Nc2ccccc2)cc(Br)cc1OC. The van der Waals surface area contributed by atoms with Crippen LogP contribution in [0.1, 0.15) is 12.5 Å². The number of carbonyl (C=O) groups is 1. The molecule has 0 saturated carbocycles. The number of halogens is 1. The van der Waals surface area contributed by atoms with Crippen LogP contribution in [0.25, 0.3) is 0 Å². The predicted molar refractivity (Wildman–Crippen MR) is 96.5 cm³/mol. The first kappa shape index (κ1) is 18.0. The van der Waals surface area contributed by atoms with Gasteiger partial charge >= 0.3 is 5.97 Å². The van der Waals surface area contributed by atoms with Crippen LogP contribution < -0.4 is 9.47 Å². The molecular formula is C18H18BrNO4. The second-order valence-corrected chi connectivity index (χ2v) is 5.63. The van der Waals surface area contributed by atoms with Crippen molar-refractivity contribution in [3.63, 3.8) is 0 Å². The lowest BCUT2D eigenvalue weighted by molar-refractivity contribution is -0.145. The van der Waals surface area contributed by atoms with Crippen LogP contribution in [0, 0.1) is 0 Å². The first-order valence-corrected chi connectivity index (χ1v) is 8.18. The molecule has 0 N–H and O–H groups in total. The first-order valence-electron chi connectivity index (χ1n) is 7.39. The molecule has 0 amide bonds. The third-order valence-electron chi connectivity index (χ3n) is 3.02. The number of para-hydroxylation sites is 1. The molecule has 0 aliphatic carbocycles. The van der Waals surface area contributed by atoms with E-state index in [0.717, 1.165) is 10.2 Å². The Morgan fingerprint density at radius 3 is 2.67 bits per heavy atom. The topological polar surface area (TPSA) is 57.1 Å². The minimum Gasteiger partial charge on any atom is -0.493 e. The molecule has 6 heteroatoms. The molecule has 0 aliphatic heterocycles. The number of benzene rings is 2. The predicted octanol–water partition coefficient (Wildman–Crippen LogP) is 4.15. The second kappa shape index (κ2) is 9.08. The molecule has 5 nitrogen and oxygen atoms in total. The number of ether oxygens (including phenoxy) is 3. The largest absolute Gasteiger partial charge is 0.493 e. The van der Waals surface area contributed by atoms with E-state index in [1.807, 2.05) is 36.4 Å². The van der Waals surface area contributed by atoms with E-state index in [0.29, 0.717) is 23.7 Å². The molecule has 0 radical (unpaired) electrons. The zero-order valence-corrected chi connectivity index (χ0v) is 15.1. The van der Waals surface area contributed by atoms with Gasteiger partial charge in [0.15, 0.2) is 18.1 Å². The van der Waals surface area contributed by atoms with Crippen LogP contribution in [0.5, 0.6) is 11.5 Å². The summed E-state index contributed by atoms with van der Waals surface area (Å²) in [6.07, 6.45) is 1.67. The van der Waals surface area contributed by atoms with Gasteiger partial charge in [0, 0.05) is 16.3 Å². The van der Waals surface area contributed by atoms with Crippen molar-refractivity contribution in [3.05, 3.63) is 52.5 Å². The fraction of sp³-hybridized carbons (Fsp3) is 0.222. The Morgan fingerprint density at radius 2 is 2.00 bits per heavy atom. The number of hydrogen-bond acceptors (Lipinski definition) is 5. The van der Waals surface area contributed by atoms with Crippen molar-refractivity contribution in [2.24, 2.45) is 4.99 Å². The van der Waals surface area contributed by atoms with Gasteiger partial charge in [-0.2, -0.15) is 0 Å². The number of aliphatic imine (C=N–C) groups is 1. The van der Waals surface area contributed by atoms with E-state index >= 15 is 0 Å². The molecule has 2 aromatic carbocycles. The van der Waals surface area contributed by atoms with E-state index in [9.17, 15) is 4.79 Å². The highest BCUT2D eigenvalue weighted by Crippen LogP contribution is 2.34. The lowest BCUT2D eigenvalue weighted by Crippen LogP contribution is -2.15. The molecule has 0 atom stereocenters. The van der Waals surface area contributed by atoms with E-state index in [2.05, 4.69) is 20.9 Å². The van der Waals surface area contributed by atoms with Crippen molar-refractivity contribution in [2.45, 2.75) is 6.92 Å². The molecular weight excluding hydrogens is 374 g/mol. The van der Waals surface area contributed by atoms with Crippen LogP contribution in [0.2, 0.25) is 0 Å². The van der Waals surface area contributed by atoms with Crippen molar-refractivity contribution >= 4 is 33.8 Å². The number of nitrogens with zero attached hydrogens (tertiary/aromatic N) is 1.